The van der Waals surface area contributed by atoms with Crippen molar-refractivity contribution in [1.82, 2.24) is 25.9 Å². The van der Waals surface area contributed by atoms with Crippen LogP contribution >= 0.6 is 0 Å². The van der Waals surface area contributed by atoms with Crippen LogP contribution in [0.2, 0.25) is 0 Å². The molecule has 1 aliphatic rings. The maximum Gasteiger partial charge on any atom is 0.326 e. The average molecular weight is 476 g/mol. The summed E-state index contributed by atoms with van der Waals surface area (Å²) in [5, 5.41) is 18.2. The summed E-state index contributed by atoms with van der Waals surface area (Å²) in [5.41, 5.74) is 1.86. The van der Waals surface area contributed by atoms with Gasteiger partial charge in [0.1, 0.15) is 17.9 Å². The number of rotatable bonds is 12. The molecule has 1 aliphatic heterocycles. The number of amides is 2. The van der Waals surface area contributed by atoms with Crippen LogP contribution in [0.15, 0.2) is 6.07 Å². The highest BCUT2D eigenvalue weighted by molar-refractivity contribution is 5.90. The Morgan fingerprint density at radius 1 is 1.03 bits per heavy atom. The van der Waals surface area contributed by atoms with E-state index < -0.39 is 24.0 Å². The van der Waals surface area contributed by atoms with Gasteiger partial charge in [-0.3, -0.25) is 9.59 Å². The van der Waals surface area contributed by atoms with E-state index in [1.807, 2.05) is 40.7 Å². The monoisotopic (exact) mass is 475 g/mol. The normalized spacial score (nSPS) is 16.3. The van der Waals surface area contributed by atoms with Gasteiger partial charge in [-0.1, -0.05) is 27.7 Å². The number of hydrogen-bond acceptors (Lipinski definition) is 6. The molecule has 0 aliphatic carbocycles. The fourth-order valence-electron chi connectivity index (χ4n) is 4.29. The van der Waals surface area contributed by atoms with Crippen LogP contribution in [0, 0.1) is 18.8 Å². The second kappa shape index (κ2) is 13.4. The van der Waals surface area contributed by atoms with E-state index in [0.717, 1.165) is 37.3 Å². The van der Waals surface area contributed by atoms with Gasteiger partial charge in [0.05, 0.1) is 0 Å². The SMILES string of the molecule is Cc1nc(CCC(=O)N[C@@H](CC(C)C)C(=O)N[C@@H](CC(C)C)C(=O)O)cc(C2CCNCC2)n1. The lowest BCUT2D eigenvalue weighted by molar-refractivity contribution is -0.142. The van der Waals surface area contributed by atoms with Crippen molar-refractivity contribution < 1.29 is 19.5 Å². The summed E-state index contributed by atoms with van der Waals surface area (Å²) in [6, 6.07) is 0.244. The Hall–Kier alpha value is -2.55. The molecule has 0 saturated carbocycles. The summed E-state index contributed by atoms with van der Waals surface area (Å²) in [7, 11) is 0. The Bertz CT molecular complexity index is 837. The molecule has 190 valence electrons. The molecule has 4 N–H and O–H groups in total. The Kier molecular flexibility index (Phi) is 10.9. The number of carbonyl (C=O) groups is 3. The van der Waals surface area contributed by atoms with Gasteiger partial charge in [0.15, 0.2) is 0 Å². The summed E-state index contributed by atoms with van der Waals surface area (Å²) in [6.45, 7) is 11.5. The standard InChI is InChI=1S/C25H41N5O4/c1-15(2)12-21(24(32)30-22(25(33)34)13-16(3)4)29-23(31)7-6-19-14-20(28-17(5)27-19)18-8-10-26-11-9-18/h14-16,18,21-22,26H,6-13H2,1-5H3,(H,29,31)(H,30,32)(H,33,34)/t21-,22-/m0/s1. The molecule has 1 fully saturated rings. The van der Waals surface area contributed by atoms with E-state index in [2.05, 4.69) is 25.9 Å². The van der Waals surface area contributed by atoms with Gasteiger partial charge >= 0.3 is 5.97 Å². The van der Waals surface area contributed by atoms with Gasteiger partial charge in [-0.15, -0.1) is 0 Å². The first-order chi connectivity index (χ1) is 16.0. The number of carbonyl (C=O) groups excluding carboxylic acids is 2. The lowest BCUT2D eigenvalue weighted by atomic mass is 9.93. The van der Waals surface area contributed by atoms with Gasteiger partial charge in [-0.2, -0.15) is 0 Å². The van der Waals surface area contributed by atoms with Crippen LogP contribution in [0.1, 0.15) is 82.9 Å². The van der Waals surface area contributed by atoms with Gasteiger partial charge in [0, 0.05) is 23.7 Å². The van der Waals surface area contributed by atoms with Gasteiger partial charge in [-0.05, 0) is 70.0 Å². The zero-order chi connectivity index (χ0) is 25.3. The molecule has 1 aromatic heterocycles. The summed E-state index contributed by atoms with van der Waals surface area (Å²) in [6.07, 6.45) is 3.48. The van der Waals surface area contributed by atoms with Crippen LogP contribution in [0.25, 0.3) is 0 Å². The fraction of sp³-hybridized carbons (Fsp3) is 0.720. The summed E-state index contributed by atoms with van der Waals surface area (Å²) in [4.78, 5) is 46.2. The van der Waals surface area contributed by atoms with Gasteiger partial charge in [0.25, 0.3) is 0 Å². The number of carboxylic acid groups (broad SMARTS) is 1. The number of nitrogens with one attached hydrogen (secondary N) is 3. The van der Waals surface area contributed by atoms with Crippen molar-refractivity contribution in [2.75, 3.05) is 13.1 Å². The van der Waals surface area contributed by atoms with Crippen LogP contribution in [-0.4, -0.2) is 58.0 Å². The molecule has 9 heteroatoms. The minimum absolute atomic E-state index is 0.116. The van der Waals surface area contributed by atoms with Crippen LogP contribution < -0.4 is 16.0 Å². The summed E-state index contributed by atoms with van der Waals surface area (Å²) < 4.78 is 0. The lowest BCUT2D eigenvalue weighted by Gasteiger charge is -2.24. The second-order valence-corrected chi connectivity index (χ2v) is 10.1. The zero-order valence-electron chi connectivity index (χ0n) is 21.2. The highest BCUT2D eigenvalue weighted by Crippen LogP contribution is 2.24. The van der Waals surface area contributed by atoms with Crippen molar-refractivity contribution in [3.8, 4) is 0 Å². The largest absolute Gasteiger partial charge is 0.480 e. The van der Waals surface area contributed by atoms with Crippen molar-refractivity contribution in [1.29, 1.82) is 0 Å². The molecule has 1 saturated heterocycles. The first-order valence-electron chi connectivity index (χ1n) is 12.4. The highest BCUT2D eigenvalue weighted by Gasteiger charge is 2.27. The number of hydrogen-bond donors (Lipinski definition) is 4. The molecule has 0 bridgehead atoms. The molecule has 34 heavy (non-hydrogen) atoms. The third kappa shape index (κ3) is 9.37. The zero-order valence-corrected chi connectivity index (χ0v) is 21.2. The first kappa shape index (κ1) is 27.7. The Morgan fingerprint density at radius 2 is 1.65 bits per heavy atom. The fourth-order valence-corrected chi connectivity index (χ4v) is 4.29. The molecule has 0 unspecified atom stereocenters. The van der Waals surface area contributed by atoms with E-state index in [0.29, 0.717) is 31.0 Å². The number of aliphatic carboxylic acids is 1. The van der Waals surface area contributed by atoms with Crippen molar-refractivity contribution in [2.45, 2.75) is 91.1 Å². The van der Waals surface area contributed by atoms with Crippen LogP contribution in [0.5, 0.6) is 0 Å². The van der Waals surface area contributed by atoms with Crippen LogP contribution in [0.3, 0.4) is 0 Å². The highest BCUT2D eigenvalue weighted by atomic mass is 16.4. The minimum Gasteiger partial charge on any atom is -0.480 e. The Balaban J connectivity index is 1.99. The summed E-state index contributed by atoms with van der Waals surface area (Å²) in [5.74, 6) is -0.402. The van der Waals surface area contributed by atoms with Crippen molar-refractivity contribution in [3.05, 3.63) is 23.3 Å². The number of nitrogens with zero attached hydrogens (tertiary/aromatic N) is 2. The summed E-state index contributed by atoms with van der Waals surface area (Å²) >= 11 is 0. The molecule has 2 atom stereocenters. The number of aromatic nitrogens is 2. The quantitative estimate of drug-likeness (QED) is 0.365. The van der Waals surface area contributed by atoms with E-state index >= 15 is 0 Å². The number of aryl methyl sites for hydroxylation is 2. The molecule has 9 nitrogen and oxygen atoms in total. The first-order valence-corrected chi connectivity index (χ1v) is 12.4. The van der Waals surface area contributed by atoms with E-state index in [1.54, 1.807) is 0 Å². The third-order valence-corrected chi connectivity index (χ3v) is 5.96. The molecular weight excluding hydrogens is 434 g/mol. The van der Waals surface area contributed by atoms with Crippen molar-refractivity contribution >= 4 is 17.8 Å². The third-order valence-electron chi connectivity index (χ3n) is 5.96. The van der Waals surface area contributed by atoms with E-state index in [-0.39, 0.29) is 24.2 Å². The maximum atomic E-state index is 12.8. The van der Waals surface area contributed by atoms with Crippen molar-refractivity contribution in [3.63, 3.8) is 0 Å². The van der Waals surface area contributed by atoms with Crippen LogP contribution in [0.4, 0.5) is 0 Å². The number of piperidine rings is 1. The smallest absolute Gasteiger partial charge is 0.326 e. The molecule has 2 amide bonds. The topological polar surface area (TPSA) is 133 Å². The van der Waals surface area contributed by atoms with Gasteiger partial charge in [-0.25, -0.2) is 14.8 Å². The van der Waals surface area contributed by atoms with E-state index in [9.17, 15) is 19.5 Å². The van der Waals surface area contributed by atoms with E-state index in [1.165, 1.54) is 0 Å². The predicted molar refractivity (Wildman–Crippen MR) is 130 cm³/mol. The molecule has 2 rings (SSSR count). The van der Waals surface area contributed by atoms with Crippen molar-refractivity contribution in [2.24, 2.45) is 11.8 Å². The molecule has 0 aromatic carbocycles. The van der Waals surface area contributed by atoms with E-state index in [4.69, 9.17) is 0 Å². The Morgan fingerprint density at radius 3 is 2.24 bits per heavy atom. The minimum atomic E-state index is -1.07. The molecule has 2 heterocycles. The molecule has 1 aromatic rings. The number of carboxylic acids is 1. The second-order valence-electron chi connectivity index (χ2n) is 10.1. The van der Waals surface area contributed by atoms with Crippen LogP contribution in [-0.2, 0) is 20.8 Å². The Labute approximate surface area is 202 Å². The van der Waals surface area contributed by atoms with Gasteiger partial charge < -0.3 is 21.1 Å². The molecular formula is C25H41N5O4. The molecule has 0 spiro atoms. The van der Waals surface area contributed by atoms with Gasteiger partial charge in [0.2, 0.25) is 11.8 Å². The molecule has 0 radical (unpaired) electrons. The lowest BCUT2D eigenvalue weighted by Crippen LogP contribution is -2.52. The average Bonchev–Trinajstić information content (AvgIpc) is 2.76. The maximum absolute atomic E-state index is 12.8. The predicted octanol–water partition coefficient (Wildman–Crippen LogP) is 2.33.